The fourth-order valence-electron chi connectivity index (χ4n) is 13.7. The van der Waals surface area contributed by atoms with Crippen molar-refractivity contribution >= 4 is 48.0 Å². The van der Waals surface area contributed by atoms with Crippen molar-refractivity contribution in [3.8, 4) is 0 Å². The van der Waals surface area contributed by atoms with Gasteiger partial charge >= 0.3 is 36.2 Å². The number of likely N-dealkylation sites (tertiary alicyclic amines) is 2. The highest BCUT2D eigenvalue weighted by Crippen LogP contribution is 2.47. The van der Waals surface area contributed by atoms with Gasteiger partial charge in [-0.2, -0.15) is 0 Å². The van der Waals surface area contributed by atoms with E-state index in [1.54, 1.807) is 61.1 Å². The first-order valence-corrected chi connectivity index (χ1v) is 28.8. The third-order valence-electron chi connectivity index (χ3n) is 16.4. The number of esters is 2. The third-order valence-corrected chi connectivity index (χ3v) is 16.4. The van der Waals surface area contributed by atoms with Crippen molar-refractivity contribution in [2.45, 2.75) is 231 Å². The van der Waals surface area contributed by atoms with Crippen molar-refractivity contribution in [2.75, 3.05) is 26.7 Å². The molecule has 0 aromatic heterocycles. The fraction of sp³-hybridized carbons (Fsp3) is 0.667. The van der Waals surface area contributed by atoms with Crippen LogP contribution in [0.4, 0.5) is 19.2 Å². The van der Waals surface area contributed by atoms with E-state index in [0.717, 1.165) is 11.1 Å². The number of benzene rings is 2. The molecule has 82 heavy (non-hydrogen) atoms. The summed E-state index contributed by atoms with van der Waals surface area (Å²) in [7, 11) is 0. The first kappa shape index (κ1) is 61.4. The van der Waals surface area contributed by atoms with Crippen molar-refractivity contribution in [3.05, 3.63) is 71.8 Å². The number of nitrogens with one attached hydrogen (secondary N) is 2. The van der Waals surface area contributed by atoms with E-state index in [1.807, 2.05) is 126 Å². The first-order chi connectivity index (χ1) is 38.1. The van der Waals surface area contributed by atoms with Crippen LogP contribution >= 0.6 is 0 Å². The number of ether oxygens (including phenoxy) is 4. The van der Waals surface area contributed by atoms with Crippen LogP contribution in [0.5, 0.6) is 0 Å². The first-order valence-electron chi connectivity index (χ1n) is 28.8. The number of carbonyl (C=O) groups excluding carboxylic acids is 8. The number of hydrogen-bond donors (Lipinski definition) is 2. The Kier molecular flexibility index (Phi) is 17.3. The molecule has 6 heterocycles. The molecule has 22 heteroatoms. The van der Waals surface area contributed by atoms with E-state index in [0.29, 0.717) is 25.7 Å². The van der Waals surface area contributed by atoms with E-state index in [-0.39, 0.29) is 102 Å². The molecule has 22 nitrogen and oxygen atoms in total. The molecular weight excluding hydrogens is 1050 g/mol. The highest BCUT2D eigenvalue weighted by atomic mass is 16.6. The zero-order chi connectivity index (χ0) is 60.1. The summed E-state index contributed by atoms with van der Waals surface area (Å²) in [5, 5.41) is 5.55. The number of carbonyl (C=O) groups is 8. The van der Waals surface area contributed by atoms with Crippen LogP contribution in [0.25, 0.3) is 0 Å². The third kappa shape index (κ3) is 13.7. The van der Waals surface area contributed by atoms with E-state index in [9.17, 15) is 38.4 Å². The lowest BCUT2D eigenvalue weighted by molar-refractivity contribution is -0.160. The molecule has 0 bridgehead atoms. The average Bonchev–Trinajstić information content (AvgIpc) is 2.89. The molecule has 0 aliphatic carbocycles. The summed E-state index contributed by atoms with van der Waals surface area (Å²) in [6, 6.07) is 15.6. The van der Waals surface area contributed by atoms with Crippen LogP contribution in [0.15, 0.2) is 60.7 Å². The van der Waals surface area contributed by atoms with Crippen LogP contribution in [0.1, 0.15) is 159 Å². The normalized spacial score (nSPS) is 21.9. The Morgan fingerprint density at radius 2 is 0.793 bits per heavy atom. The maximum Gasteiger partial charge on any atom is 0.408 e. The molecule has 8 amide bonds. The van der Waals surface area contributed by atoms with Gasteiger partial charge in [-0.1, -0.05) is 60.7 Å². The minimum absolute atomic E-state index is 0.0218. The van der Waals surface area contributed by atoms with Crippen molar-refractivity contribution < 1.29 is 57.3 Å². The van der Waals surface area contributed by atoms with Gasteiger partial charge in [0.05, 0.1) is 26.7 Å². The maximum atomic E-state index is 14.9. The lowest BCUT2D eigenvalue weighted by Crippen LogP contribution is -2.71. The maximum absolute atomic E-state index is 14.9. The highest BCUT2D eigenvalue weighted by Gasteiger charge is 2.65. The molecule has 2 atom stereocenters. The number of amides is 8. The molecule has 6 saturated heterocycles. The molecule has 6 aliphatic heterocycles. The Bertz CT molecular complexity index is 2470. The van der Waals surface area contributed by atoms with Crippen LogP contribution < -0.4 is 10.6 Å². The van der Waals surface area contributed by atoms with Crippen LogP contribution in [-0.4, -0.2) is 184 Å². The smallest absolute Gasteiger partial charge is 0.408 e. The predicted octanol–water partition coefficient (Wildman–Crippen LogP) is 7.51. The second kappa shape index (κ2) is 23.2. The monoisotopic (exact) mass is 1140 g/mol. The molecule has 2 unspecified atom stereocenters. The standard InChI is InChI=1S/C60H88N10O12/c1-55(2,3)81-51(75)61-43(25-27-45(71)79-33-39-21-17-15-18-22-39)49(73)69-57(7,8)29-41(30-58(69,9)10)63-35-65-47-48-67(53(65)77)37-64(38-68(48)54(78)66(47)36-63)42-31-59(11,12)70(60(13,14)32-42)50(74)44(62-52(76)82-56(4,5)6)26-28-46(72)80-34-40-23-19-16-20-24-40/h15-24,41-44,47-48H,25-38H2,1-14H3,(H,61,75)(H,62,76). The number of hydrogen-bond acceptors (Lipinski definition) is 14. The second-order valence-corrected chi connectivity index (χ2v) is 27.5. The lowest BCUT2D eigenvalue weighted by Gasteiger charge is -2.59. The summed E-state index contributed by atoms with van der Waals surface area (Å²) in [5.74, 6) is -1.75. The number of piperidine rings is 2. The van der Waals surface area contributed by atoms with E-state index in [2.05, 4.69) is 20.4 Å². The number of nitrogens with zero attached hydrogens (tertiary/aromatic N) is 8. The quantitative estimate of drug-likeness (QED) is 0.123. The summed E-state index contributed by atoms with van der Waals surface area (Å²) in [6.07, 6.45) is -0.951. The fourth-order valence-corrected chi connectivity index (χ4v) is 13.7. The largest absolute Gasteiger partial charge is 0.461 e. The van der Waals surface area contributed by atoms with E-state index in [4.69, 9.17) is 18.9 Å². The summed E-state index contributed by atoms with van der Waals surface area (Å²) in [6.45, 7) is 27.4. The summed E-state index contributed by atoms with van der Waals surface area (Å²) in [4.78, 5) is 127. The van der Waals surface area contributed by atoms with Gasteiger partial charge in [-0.25, -0.2) is 19.2 Å². The Morgan fingerprint density at radius 3 is 1.07 bits per heavy atom. The summed E-state index contributed by atoms with van der Waals surface area (Å²) in [5.41, 5.74) is -3.23. The van der Waals surface area contributed by atoms with E-state index < -0.39 is 81.9 Å². The average molecular weight is 1140 g/mol. The molecule has 2 aromatic rings. The Morgan fingerprint density at radius 1 is 0.500 bits per heavy atom. The number of urea groups is 2. The van der Waals surface area contributed by atoms with Crippen molar-refractivity contribution in [3.63, 3.8) is 0 Å². The molecular formula is C60H88N10O12. The summed E-state index contributed by atoms with van der Waals surface area (Å²) >= 11 is 0. The predicted molar refractivity (Wildman–Crippen MR) is 302 cm³/mol. The topological polar surface area (TPSA) is 223 Å². The molecule has 450 valence electrons. The SMILES string of the molecule is CC(C)(C)OC(=O)NC(CCC(=O)OCc1ccccc1)C(=O)N1C(C)(C)CC(N2CN3C(=O)N4CN(C5CC(C)(C)N(C(=O)C(CCC(=O)OCc6ccccc6)NC(=O)OC(C)(C)C)C(C)(C)C5)CN5C(=O)N(C2)C3C45)CC1(C)C. The summed E-state index contributed by atoms with van der Waals surface area (Å²) < 4.78 is 22.2. The highest BCUT2D eigenvalue weighted by molar-refractivity contribution is 5.89. The van der Waals surface area contributed by atoms with Gasteiger partial charge in [-0.3, -0.25) is 48.6 Å². The van der Waals surface area contributed by atoms with Crippen LogP contribution in [0.2, 0.25) is 0 Å². The molecule has 6 aliphatic rings. The molecule has 0 radical (unpaired) electrons. The molecule has 8 rings (SSSR count). The van der Waals surface area contributed by atoms with Gasteiger partial charge in [0.2, 0.25) is 11.8 Å². The zero-order valence-electron chi connectivity index (χ0n) is 50.6. The van der Waals surface area contributed by atoms with Crippen LogP contribution in [0.3, 0.4) is 0 Å². The van der Waals surface area contributed by atoms with Gasteiger partial charge in [0, 0.05) is 47.1 Å². The van der Waals surface area contributed by atoms with Crippen molar-refractivity contribution in [2.24, 2.45) is 0 Å². The van der Waals surface area contributed by atoms with Gasteiger partial charge in [-0.05, 0) is 147 Å². The molecule has 2 N–H and O–H groups in total. The van der Waals surface area contributed by atoms with Gasteiger partial charge < -0.3 is 39.4 Å². The Hall–Kier alpha value is -6.68. The Balaban J connectivity index is 0.931. The van der Waals surface area contributed by atoms with E-state index >= 15 is 0 Å². The van der Waals surface area contributed by atoms with Crippen LogP contribution in [-0.2, 0) is 51.3 Å². The van der Waals surface area contributed by atoms with Crippen LogP contribution in [0, 0.1) is 0 Å². The van der Waals surface area contributed by atoms with Crippen molar-refractivity contribution in [1.29, 1.82) is 0 Å². The minimum Gasteiger partial charge on any atom is -0.461 e. The van der Waals surface area contributed by atoms with Gasteiger partial charge in [0.1, 0.15) is 36.5 Å². The van der Waals surface area contributed by atoms with E-state index in [1.165, 1.54) is 0 Å². The number of alkyl carbamates (subject to hydrolysis) is 2. The molecule has 0 spiro atoms. The van der Waals surface area contributed by atoms with Crippen molar-refractivity contribution in [1.82, 2.24) is 49.8 Å². The lowest BCUT2D eigenvalue weighted by atomic mass is 9.75. The molecule has 6 fully saturated rings. The zero-order valence-corrected chi connectivity index (χ0v) is 50.6. The molecule has 2 aromatic carbocycles. The second-order valence-electron chi connectivity index (χ2n) is 27.5. The van der Waals surface area contributed by atoms with Gasteiger partial charge in [0.15, 0.2) is 12.3 Å². The van der Waals surface area contributed by atoms with Gasteiger partial charge in [0.25, 0.3) is 0 Å². The minimum atomic E-state index is -1.11. The number of rotatable bonds is 16. The molecule has 0 saturated carbocycles. The Labute approximate surface area is 483 Å². The van der Waals surface area contributed by atoms with Gasteiger partial charge in [-0.15, -0.1) is 0 Å².